The fourth-order valence-electron chi connectivity index (χ4n) is 0.642. The Kier molecular flexibility index (Phi) is 4.54. The Bertz CT molecular complexity index is 49.2. The van der Waals surface area contributed by atoms with Crippen molar-refractivity contribution in [3.05, 3.63) is 18.6 Å². The molecule has 0 nitrogen and oxygen atoms in total. The molecule has 0 saturated heterocycles. The molecule has 0 aromatic carbocycles. The summed E-state index contributed by atoms with van der Waals surface area (Å²) in [5, 5.41) is 0. The topological polar surface area (TPSA) is 0 Å². The van der Waals surface area contributed by atoms with E-state index in [2.05, 4.69) is 18.6 Å². The van der Waals surface area contributed by atoms with Gasteiger partial charge in [-0.1, -0.05) is 6.42 Å². The molecule has 1 aliphatic rings. The summed E-state index contributed by atoms with van der Waals surface area (Å²) < 4.78 is 0. The van der Waals surface area contributed by atoms with Crippen LogP contribution in [-0.4, -0.2) is 0 Å². The van der Waals surface area contributed by atoms with E-state index in [9.17, 15) is 0 Å². The molecule has 0 bridgehead atoms. The van der Waals surface area contributed by atoms with E-state index >= 15 is 0 Å². The Hall–Kier alpha value is 0.233. The van der Waals surface area contributed by atoms with Crippen LogP contribution in [0.5, 0.6) is 0 Å². The smallest absolute Gasteiger partial charge is 0 e. The minimum absolute atomic E-state index is 0. The third-order valence-electron chi connectivity index (χ3n) is 1.01. The SMILES string of the molecule is C1=CCCC[CH-]1.[Zn]. The molecule has 0 radical (unpaired) electrons. The summed E-state index contributed by atoms with van der Waals surface area (Å²) in [7, 11) is 0. The van der Waals surface area contributed by atoms with Crippen molar-refractivity contribution in [2.45, 2.75) is 19.3 Å². The molecule has 7 heavy (non-hydrogen) atoms. The first-order valence-electron chi connectivity index (χ1n) is 2.48. The van der Waals surface area contributed by atoms with Gasteiger partial charge in [0.15, 0.2) is 0 Å². The van der Waals surface area contributed by atoms with Gasteiger partial charge in [0.05, 0.1) is 0 Å². The molecule has 0 atom stereocenters. The van der Waals surface area contributed by atoms with Gasteiger partial charge in [0.2, 0.25) is 0 Å². The molecule has 0 spiro atoms. The van der Waals surface area contributed by atoms with Gasteiger partial charge in [-0.15, -0.1) is 12.8 Å². The minimum atomic E-state index is 0. The van der Waals surface area contributed by atoms with Crippen molar-refractivity contribution in [3.8, 4) is 0 Å². The molecule has 36 valence electrons. The van der Waals surface area contributed by atoms with Crippen LogP contribution in [-0.2, 0) is 19.5 Å². The van der Waals surface area contributed by atoms with E-state index in [1.54, 1.807) is 0 Å². The van der Waals surface area contributed by atoms with Crippen LogP contribution in [0.1, 0.15) is 19.3 Å². The van der Waals surface area contributed by atoms with Crippen molar-refractivity contribution in [1.82, 2.24) is 0 Å². The van der Waals surface area contributed by atoms with Gasteiger partial charge >= 0.3 is 0 Å². The quantitative estimate of drug-likeness (QED) is 0.362. The molecule has 1 rings (SSSR count). The first-order chi connectivity index (χ1) is 3.00. The van der Waals surface area contributed by atoms with Gasteiger partial charge in [-0.25, -0.2) is 18.6 Å². The van der Waals surface area contributed by atoms with E-state index in [0.717, 1.165) is 0 Å². The van der Waals surface area contributed by atoms with Crippen molar-refractivity contribution in [1.29, 1.82) is 0 Å². The summed E-state index contributed by atoms with van der Waals surface area (Å²) in [6.07, 6.45) is 10.5. The normalized spacial score (nSPS) is 17.1. The molecule has 0 saturated carbocycles. The second-order valence-corrected chi connectivity index (χ2v) is 1.59. The molecule has 0 aromatic rings. The standard InChI is InChI=1S/C6H9.Zn/c1-2-4-6-5-3-1;/h1-3H,4-6H2;/q-1;. The molecule has 0 aromatic heterocycles. The van der Waals surface area contributed by atoms with Gasteiger partial charge in [0.25, 0.3) is 0 Å². The summed E-state index contributed by atoms with van der Waals surface area (Å²) in [5.41, 5.74) is 0. The fourth-order valence-corrected chi connectivity index (χ4v) is 0.642. The van der Waals surface area contributed by atoms with Gasteiger partial charge in [-0.2, -0.15) is 0 Å². The van der Waals surface area contributed by atoms with Gasteiger partial charge < -0.3 is 0 Å². The van der Waals surface area contributed by atoms with Crippen molar-refractivity contribution in [3.63, 3.8) is 0 Å². The monoisotopic (exact) mass is 145 g/mol. The average Bonchev–Trinajstić information content (AvgIpc) is 1.72. The van der Waals surface area contributed by atoms with Crippen molar-refractivity contribution in [2.24, 2.45) is 0 Å². The first-order valence-corrected chi connectivity index (χ1v) is 2.48. The van der Waals surface area contributed by atoms with E-state index in [0.29, 0.717) is 0 Å². The Balaban J connectivity index is 0.000000360. The number of allylic oxidation sites excluding steroid dienone is 2. The van der Waals surface area contributed by atoms with Crippen molar-refractivity contribution < 1.29 is 19.5 Å². The molecule has 0 unspecified atom stereocenters. The molecule has 1 heteroatoms. The Morgan fingerprint density at radius 2 is 2.29 bits per heavy atom. The molecular formula is C6H9Zn-. The van der Waals surface area contributed by atoms with Crippen LogP contribution in [0.3, 0.4) is 0 Å². The van der Waals surface area contributed by atoms with Crippen LogP contribution in [0.4, 0.5) is 0 Å². The second kappa shape index (κ2) is 4.39. The maximum absolute atomic E-state index is 2.21. The molecule has 0 N–H and O–H groups in total. The average molecular weight is 147 g/mol. The Labute approximate surface area is 57.8 Å². The zero-order chi connectivity index (χ0) is 4.24. The number of hydrogen-bond acceptors (Lipinski definition) is 0. The fraction of sp³-hybridized carbons (Fsp3) is 0.500. The largest absolute Gasteiger partial charge is 0.232 e. The van der Waals surface area contributed by atoms with E-state index in [-0.39, 0.29) is 19.5 Å². The van der Waals surface area contributed by atoms with E-state index in [4.69, 9.17) is 0 Å². The van der Waals surface area contributed by atoms with E-state index < -0.39 is 0 Å². The molecule has 0 aliphatic heterocycles. The van der Waals surface area contributed by atoms with Crippen LogP contribution < -0.4 is 0 Å². The maximum atomic E-state index is 2.21. The third-order valence-corrected chi connectivity index (χ3v) is 1.01. The summed E-state index contributed by atoms with van der Waals surface area (Å²) >= 11 is 0. The zero-order valence-corrected chi connectivity index (χ0v) is 7.53. The Morgan fingerprint density at radius 1 is 1.43 bits per heavy atom. The van der Waals surface area contributed by atoms with Crippen molar-refractivity contribution in [2.75, 3.05) is 0 Å². The number of hydrogen-bond donors (Lipinski definition) is 0. The summed E-state index contributed by atoms with van der Waals surface area (Å²) in [5.74, 6) is 0. The summed E-state index contributed by atoms with van der Waals surface area (Å²) in [6, 6.07) is 0. The van der Waals surface area contributed by atoms with Gasteiger partial charge in [0, 0.05) is 19.5 Å². The third kappa shape index (κ3) is 2.88. The van der Waals surface area contributed by atoms with Crippen LogP contribution in [0.25, 0.3) is 0 Å². The van der Waals surface area contributed by atoms with Crippen LogP contribution in [0.15, 0.2) is 12.2 Å². The first kappa shape index (κ1) is 7.23. The van der Waals surface area contributed by atoms with Crippen LogP contribution in [0.2, 0.25) is 0 Å². The number of rotatable bonds is 0. The molecular weight excluding hydrogens is 137 g/mol. The van der Waals surface area contributed by atoms with Gasteiger partial charge in [0.1, 0.15) is 0 Å². The predicted octanol–water partition coefficient (Wildman–Crippen LogP) is 1.93. The van der Waals surface area contributed by atoms with Gasteiger partial charge in [-0.3, -0.25) is 0 Å². The van der Waals surface area contributed by atoms with Crippen LogP contribution >= 0.6 is 0 Å². The maximum Gasteiger partial charge on any atom is 0 e. The second-order valence-electron chi connectivity index (χ2n) is 1.59. The molecule has 0 heterocycles. The minimum Gasteiger partial charge on any atom is -0.232 e. The van der Waals surface area contributed by atoms with Crippen LogP contribution in [0, 0.1) is 6.42 Å². The summed E-state index contributed by atoms with van der Waals surface area (Å²) in [6.45, 7) is 0. The molecule has 0 amide bonds. The summed E-state index contributed by atoms with van der Waals surface area (Å²) in [4.78, 5) is 0. The molecule has 1 aliphatic carbocycles. The Morgan fingerprint density at radius 3 is 2.43 bits per heavy atom. The van der Waals surface area contributed by atoms with E-state index in [1.807, 2.05) is 0 Å². The zero-order valence-electron chi connectivity index (χ0n) is 4.56. The van der Waals surface area contributed by atoms with Crippen molar-refractivity contribution >= 4 is 0 Å². The molecule has 0 fully saturated rings. The van der Waals surface area contributed by atoms with Gasteiger partial charge in [-0.05, 0) is 0 Å². The van der Waals surface area contributed by atoms with E-state index in [1.165, 1.54) is 19.3 Å². The predicted molar refractivity (Wildman–Crippen MR) is 27.3 cm³/mol.